The van der Waals surface area contributed by atoms with Crippen LogP contribution in [0.1, 0.15) is 35.1 Å². The number of rotatable bonds is 3. The number of aromatic nitrogens is 3. The van der Waals surface area contributed by atoms with Crippen molar-refractivity contribution in [1.82, 2.24) is 14.4 Å². The Balaban J connectivity index is 1.62. The second kappa shape index (κ2) is 7.22. The van der Waals surface area contributed by atoms with Crippen LogP contribution in [-0.4, -0.2) is 31.2 Å². The average molecular weight is 408 g/mol. The summed E-state index contributed by atoms with van der Waals surface area (Å²) >= 11 is 1.44. The fraction of sp³-hybridized carbons (Fsp3) is 0.200. The van der Waals surface area contributed by atoms with Crippen LogP contribution in [0.4, 0.5) is 10.1 Å². The molecule has 7 nitrogen and oxygen atoms in total. The van der Waals surface area contributed by atoms with Gasteiger partial charge in [-0.25, -0.2) is 14.4 Å². The molecule has 1 aromatic carbocycles. The molecule has 1 aliphatic rings. The third-order valence-electron chi connectivity index (χ3n) is 4.72. The van der Waals surface area contributed by atoms with Gasteiger partial charge in [-0.2, -0.15) is 0 Å². The third kappa shape index (κ3) is 3.67. The maximum absolute atomic E-state index is 14.5. The molecule has 0 radical (unpaired) electrons. The highest BCUT2D eigenvalue weighted by molar-refractivity contribution is 8.13. The van der Waals surface area contributed by atoms with Crippen molar-refractivity contribution in [2.75, 3.05) is 11.1 Å². The first-order chi connectivity index (χ1) is 13.9. The Labute approximate surface area is 170 Å². The molecule has 0 bridgehead atoms. The Morgan fingerprint density at radius 2 is 2.28 bits per heavy atom. The van der Waals surface area contributed by atoms with Crippen LogP contribution in [0.25, 0.3) is 5.65 Å². The number of carbonyl (C=O) groups is 1. The number of nitrogens with zero attached hydrogens (tertiary/aromatic N) is 4. The van der Waals surface area contributed by atoms with E-state index in [0.29, 0.717) is 34.2 Å². The Morgan fingerprint density at radius 1 is 1.45 bits per heavy atom. The van der Waals surface area contributed by atoms with Crippen LogP contribution in [0.3, 0.4) is 0 Å². The predicted octanol–water partition coefficient (Wildman–Crippen LogP) is 2.77. The molecular formula is C20H17FN6OS. The average Bonchev–Trinajstić information content (AvgIpc) is 3.11. The SMILES string of the molecule is C#Cc1cn2cc(C(=O)Nc3ccc(F)c([C@]4(C)CCSC(N)=N4)c3)ncc2n1. The van der Waals surface area contributed by atoms with Gasteiger partial charge in [-0.1, -0.05) is 11.8 Å². The summed E-state index contributed by atoms with van der Waals surface area (Å²) in [5, 5.41) is 3.18. The number of thioether (sulfide) groups is 1. The van der Waals surface area contributed by atoms with Crippen molar-refractivity contribution in [2.24, 2.45) is 10.7 Å². The van der Waals surface area contributed by atoms with E-state index >= 15 is 0 Å². The van der Waals surface area contributed by atoms with Gasteiger partial charge in [-0.3, -0.25) is 9.79 Å². The summed E-state index contributed by atoms with van der Waals surface area (Å²) in [7, 11) is 0. The van der Waals surface area contributed by atoms with Gasteiger partial charge >= 0.3 is 0 Å². The zero-order chi connectivity index (χ0) is 20.6. The van der Waals surface area contributed by atoms with Crippen LogP contribution in [0.2, 0.25) is 0 Å². The van der Waals surface area contributed by atoms with Gasteiger partial charge in [0.05, 0.1) is 11.7 Å². The maximum atomic E-state index is 14.5. The van der Waals surface area contributed by atoms with E-state index in [1.54, 1.807) is 16.7 Å². The Morgan fingerprint density at radius 3 is 3.03 bits per heavy atom. The van der Waals surface area contributed by atoms with Crippen LogP contribution in [0.5, 0.6) is 0 Å². The van der Waals surface area contributed by atoms with Gasteiger partial charge in [0.1, 0.15) is 17.2 Å². The van der Waals surface area contributed by atoms with Gasteiger partial charge in [-0.05, 0) is 37.5 Å². The third-order valence-corrected chi connectivity index (χ3v) is 5.52. The number of carbonyl (C=O) groups excluding carboxylic acids is 1. The zero-order valence-electron chi connectivity index (χ0n) is 15.5. The number of nitrogens with one attached hydrogen (secondary N) is 1. The number of hydrogen-bond donors (Lipinski definition) is 2. The summed E-state index contributed by atoms with van der Waals surface area (Å²) in [5.41, 5.74) is 7.05. The lowest BCUT2D eigenvalue weighted by atomic mass is 9.89. The van der Waals surface area contributed by atoms with Crippen LogP contribution < -0.4 is 11.1 Å². The summed E-state index contributed by atoms with van der Waals surface area (Å²) in [6.07, 6.45) is 10.6. The number of fused-ring (bicyclic) bond motifs is 1. The normalized spacial score (nSPS) is 18.9. The van der Waals surface area contributed by atoms with Crippen molar-refractivity contribution in [1.29, 1.82) is 0 Å². The lowest BCUT2D eigenvalue weighted by Gasteiger charge is -2.30. The van der Waals surface area contributed by atoms with Crippen molar-refractivity contribution in [3.63, 3.8) is 0 Å². The van der Waals surface area contributed by atoms with E-state index < -0.39 is 17.3 Å². The molecule has 0 spiro atoms. The number of amidine groups is 1. The van der Waals surface area contributed by atoms with Crippen LogP contribution in [-0.2, 0) is 5.54 Å². The van der Waals surface area contributed by atoms with Gasteiger partial charge in [0.2, 0.25) is 0 Å². The van der Waals surface area contributed by atoms with Gasteiger partial charge in [0, 0.05) is 29.4 Å². The van der Waals surface area contributed by atoms with E-state index in [4.69, 9.17) is 12.2 Å². The Hall–Kier alpha value is -3.38. The molecule has 3 N–H and O–H groups in total. The number of terminal acetylenes is 1. The standard InChI is InChI=1S/C20H17FN6OS/c1-3-12-10-27-11-16(23-9-17(27)24-12)18(28)25-13-4-5-15(21)14(8-13)20(2)6-7-29-19(22)26-20/h1,4-5,8-11H,6-7H2,2H3,(H2,22,26)(H,25,28)/t20-/m0/s1. The second-order valence-corrected chi connectivity index (χ2v) is 7.89. The molecule has 29 heavy (non-hydrogen) atoms. The zero-order valence-corrected chi connectivity index (χ0v) is 16.3. The Bertz CT molecular complexity index is 1200. The number of halogens is 1. The first-order valence-corrected chi connectivity index (χ1v) is 9.77. The smallest absolute Gasteiger partial charge is 0.275 e. The molecule has 4 rings (SSSR count). The summed E-state index contributed by atoms with van der Waals surface area (Å²) in [5.74, 6) is 2.35. The van der Waals surface area contributed by atoms with E-state index in [-0.39, 0.29) is 5.69 Å². The predicted molar refractivity (Wildman–Crippen MR) is 111 cm³/mol. The minimum Gasteiger partial charge on any atom is -0.379 e. The van der Waals surface area contributed by atoms with Crippen LogP contribution >= 0.6 is 11.8 Å². The molecule has 0 saturated carbocycles. The topological polar surface area (TPSA) is 97.7 Å². The largest absolute Gasteiger partial charge is 0.379 e. The van der Waals surface area contributed by atoms with Crippen LogP contribution in [0.15, 0.2) is 41.8 Å². The molecule has 2 aromatic heterocycles. The molecule has 1 amide bonds. The van der Waals surface area contributed by atoms with Gasteiger partial charge in [0.25, 0.3) is 5.91 Å². The summed E-state index contributed by atoms with van der Waals surface area (Å²) in [6.45, 7) is 1.83. The number of aliphatic imine (C=N–C) groups is 1. The first kappa shape index (κ1) is 19.0. The lowest BCUT2D eigenvalue weighted by Crippen LogP contribution is -2.29. The van der Waals surface area contributed by atoms with E-state index in [0.717, 1.165) is 5.75 Å². The van der Waals surface area contributed by atoms with E-state index in [1.165, 1.54) is 36.3 Å². The molecule has 146 valence electrons. The van der Waals surface area contributed by atoms with Crippen molar-refractivity contribution < 1.29 is 9.18 Å². The molecule has 0 aliphatic carbocycles. The highest BCUT2D eigenvalue weighted by atomic mass is 32.2. The molecule has 0 fully saturated rings. The quantitative estimate of drug-likeness (QED) is 0.650. The van der Waals surface area contributed by atoms with Gasteiger partial charge in [-0.15, -0.1) is 6.42 Å². The van der Waals surface area contributed by atoms with Crippen molar-refractivity contribution in [3.8, 4) is 12.3 Å². The highest BCUT2D eigenvalue weighted by Crippen LogP contribution is 2.37. The fourth-order valence-corrected chi connectivity index (χ4v) is 4.15. The minimum atomic E-state index is -0.778. The van der Waals surface area contributed by atoms with Crippen molar-refractivity contribution in [3.05, 3.63) is 59.6 Å². The lowest BCUT2D eigenvalue weighted by molar-refractivity contribution is 0.102. The minimum absolute atomic E-state index is 0.173. The number of benzene rings is 1. The van der Waals surface area contributed by atoms with Gasteiger partial charge in [0.15, 0.2) is 10.8 Å². The monoisotopic (exact) mass is 408 g/mol. The molecular weight excluding hydrogens is 391 g/mol. The summed E-state index contributed by atoms with van der Waals surface area (Å²) in [6, 6.07) is 4.40. The first-order valence-electron chi connectivity index (χ1n) is 8.79. The fourth-order valence-electron chi connectivity index (χ4n) is 3.18. The molecule has 1 aliphatic heterocycles. The number of imidazole rings is 1. The number of hydrogen-bond acceptors (Lipinski definition) is 6. The molecule has 9 heteroatoms. The summed E-state index contributed by atoms with van der Waals surface area (Å²) < 4.78 is 16.2. The maximum Gasteiger partial charge on any atom is 0.275 e. The molecule has 3 heterocycles. The molecule has 0 unspecified atom stereocenters. The van der Waals surface area contributed by atoms with E-state index in [2.05, 4.69) is 26.2 Å². The second-order valence-electron chi connectivity index (χ2n) is 6.78. The number of anilines is 1. The summed E-state index contributed by atoms with van der Waals surface area (Å²) in [4.78, 5) is 25.4. The molecule has 0 saturated heterocycles. The Kier molecular flexibility index (Phi) is 4.72. The highest BCUT2D eigenvalue weighted by Gasteiger charge is 2.32. The van der Waals surface area contributed by atoms with E-state index in [1.807, 2.05) is 6.92 Å². The van der Waals surface area contributed by atoms with Crippen molar-refractivity contribution >= 4 is 34.2 Å². The van der Waals surface area contributed by atoms with Crippen LogP contribution in [0, 0.1) is 18.2 Å². The van der Waals surface area contributed by atoms with E-state index in [9.17, 15) is 9.18 Å². The number of nitrogens with two attached hydrogens (primary N) is 1. The molecule has 3 aromatic rings. The molecule has 1 atom stereocenters. The van der Waals surface area contributed by atoms with Gasteiger partial charge < -0.3 is 15.5 Å². The van der Waals surface area contributed by atoms with Crippen molar-refractivity contribution in [2.45, 2.75) is 18.9 Å². The number of amides is 1.